The van der Waals surface area contributed by atoms with Crippen molar-refractivity contribution in [2.75, 3.05) is 0 Å². The predicted molar refractivity (Wildman–Crippen MR) is 66.0 cm³/mol. The maximum atomic E-state index is 9.90. The lowest BCUT2D eigenvalue weighted by molar-refractivity contribution is -0.139. The summed E-state index contributed by atoms with van der Waals surface area (Å²) in [4.78, 5) is 19.8. The zero-order valence-electron chi connectivity index (χ0n) is 11.0. The van der Waals surface area contributed by atoms with Crippen molar-refractivity contribution in [2.24, 2.45) is 5.92 Å². The van der Waals surface area contributed by atoms with Gasteiger partial charge in [0.05, 0.1) is 0 Å². The first kappa shape index (κ1) is 19.2. The van der Waals surface area contributed by atoms with Crippen molar-refractivity contribution >= 4 is 11.9 Å². The molecular weight excluding hydrogens is 240 g/mol. The Kier molecular flexibility index (Phi) is 13.1. The molecule has 0 radical (unpaired) electrons. The number of aliphatic hydroxyl groups is 2. The van der Waals surface area contributed by atoms with E-state index in [4.69, 9.17) is 20.4 Å². The lowest BCUT2D eigenvalue weighted by Crippen LogP contribution is -2.09. The van der Waals surface area contributed by atoms with Gasteiger partial charge in [0, 0.05) is 19.3 Å². The fourth-order valence-electron chi connectivity index (χ4n) is 1.08. The molecular formula is C12H24O6. The summed E-state index contributed by atoms with van der Waals surface area (Å²) in [6.07, 6.45) is 1.41. The molecule has 0 aliphatic carbocycles. The maximum absolute atomic E-state index is 9.90. The van der Waals surface area contributed by atoms with Gasteiger partial charge >= 0.3 is 11.9 Å². The van der Waals surface area contributed by atoms with Gasteiger partial charge in [-0.05, 0) is 18.8 Å². The van der Waals surface area contributed by atoms with Gasteiger partial charge in [0.2, 0.25) is 0 Å². The monoisotopic (exact) mass is 264 g/mol. The van der Waals surface area contributed by atoms with Crippen molar-refractivity contribution in [2.45, 2.75) is 58.7 Å². The first-order valence-corrected chi connectivity index (χ1v) is 6.09. The normalized spacial score (nSPS) is 11.6. The van der Waals surface area contributed by atoms with Gasteiger partial charge in [-0.3, -0.25) is 9.59 Å². The Bertz CT molecular complexity index is 211. The van der Waals surface area contributed by atoms with E-state index >= 15 is 0 Å². The Morgan fingerprint density at radius 2 is 1.39 bits per heavy atom. The Morgan fingerprint density at radius 3 is 1.56 bits per heavy atom. The van der Waals surface area contributed by atoms with Crippen LogP contribution in [0.25, 0.3) is 0 Å². The Morgan fingerprint density at radius 1 is 1.00 bits per heavy atom. The van der Waals surface area contributed by atoms with E-state index in [9.17, 15) is 9.59 Å². The molecule has 1 unspecified atom stereocenters. The summed E-state index contributed by atoms with van der Waals surface area (Å²) in [6, 6.07) is 0. The number of carbonyl (C=O) groups is 2. The van der Waals surface area contributed by atoms with Crippen molar-refractivity contribution in [3.63, 3.8) is 0 Å². The number of aliphatic hydroxyl groups excluding tert-OH is 1. The van der Waals surface area contributed by atoms with Gasteiger partial charge in [-0.2, -0.15) is 0 Å². The lowest BCUT2D eigenvalue weighted by Gasteiger charge is -2.08. The third-order valence-electron chi connectivity index (χ3n) is 2.34. The summed E-state index contributed by atoms with van der Waals surface area (Å²) < 4.78 is 0. The van der Waals surface area contributed by atoms with Crippen LogP contribution in [0, 0.1) is 5.92 Å². The minimum absolute atomic E-state index is 0.0628. The number of hydrogen-bond donors (Lipinski definition) is 4. The van der Waals surface area contributed by atoms with Crippen molar-refractivity contribution in [3.05, 3.63) is 0 Å². The van der Waals surface area contributed by atoms with E-state index in [-0.39, 0.29) is 12.8 Å². The molecule has 4 N–H and O–H groups in total. The third kappa shape index (κ3) is 20.3. The number of unbranched alkanes of at least 4 members (excludes halogenated alkanes) is 1. The number of hydrogen-bond acceptors (Lipinski definition) is 4. The highest BCUT2D eigenvalue weighted by Gasteiger charge is 2.03. The quantitative estimate of drug-likeness (QED) is 0.389. The molecule has 0 saturated carbocycles. The van der Waals surface area contributed by atoms with Gasteiger partial charge in [0.25, 0.3) is 0 Å². The van der Waals surface area contributed by atoms with E-state index < -0.39 is 18.2 Å². The molecule has 0 aliphatic heterocycles. The Hall–Kier alpha value is -1.14. The molecule has 18 heavy (non-hydrogen) atoms. The van der Waals surface area contributed by atoms with Crippen LogP contribution in [0.3, 0.4) is 0 Å². The Balaban J connectivity index is 0. The van der Waals surface area contributed by atoms with E-state index in [2.05, 4.69) is 0 Å². The molecule has 0 aromatic carbocycles. The summed E-state index contributed by atoms with van der Waals surface area (Å²) in [7, 11) is 0. The second kappa shape index (κ2) is 12.3. The number of aliphatic carboxylic acids is 2. The zero-order valence-corrected chi connectivity index (χ0v) is 11.0. The average Bonchev–Trinajstić information content (AvgIpc) is 2.24. The summed E-state index contributed by atoms with van der Waals surface area (Å²) in [5.41, 5.74) is 0. The molecule has 0 amide bonds. The number of rotatable bonds is 8. The van der Waals surface area contributed by atoms with Crippen LogP contribution in [0.5, 0.6) is 0 Å². The zero-order chi connectivity index (χ0) is 14.6. The van der Waals surface area contributed by atoms with Crippen molar-refractivity contribution in [1.82, 2.24) is 0 Å². The maximum Gasteiger partial charge on any atom is 0.303 e. The van der Waals surface area contributed by atoms with Gasteiger partial charge in [-0.15, -0.1) is 0 Å². The smallest absolute Gasteiger partial charge is 0.303 e. The highest BCUT2D eigenvalue weighted by Crippen LogP contribution is 2.07. The molecule has 0 rings (SSSR count). The predicted octanol–water partition coefficient (Wildman–Crippen LogP) is 1.45. The van der Waals surface area contributed by atoms with Crippen LogP contribution in [0.4, 0.5) is 0 Å². The molecule has 0 aromatic heterocycles. The lowest BCUT2D eigenvalue weighted by atomic mass is 10.1. The van der Waals surface area contributed by atoms with Gasteiger partial charge in [0.1, 0.15) is 0 Å². The molecule has 0 bridgehead atoms. The van der Waals surface area contributed by atoms with Gasteiger partial charge in [-0.1, -0.05) is 20.3 Å². The van der Waals surface area contributed by atoms with Crippen LogP contribution in [-0.4, -0.2) is 38.7 Å². The molecule has 0 aromatic rings. The van der Waals surface area contributed by atoms with Crippen molar-refractivity contribution in [1.29, 1.82) is 0 Å². The molecule has 0 spiro atoms. The first-order chi connectivity index (χ1) is 8.29. The van der Waals surface area contributed by atoms with Crippen LogP contribution < -0.4 is 0 Å². The van der Waals surface area contributed by atoms with Crippen molar-refractivity contribution in [3.8, 4) is 0 Å². The second-order valence-electron chi connectivity index (χ2n) is 4.22. The molecule has 0 fully saturated rings. The SMILES string of the molecule is CCC(C)CC(O)O.O=C(O)CCCCC(=O)O. The van der Waals surface area contributed by atoms with Gasteiger partial charge < -0.3 is 20.4 Å². The van der Waals surface area contributed by atoms with Crippen LogP contribution in [0.15, 0.2) is 0 Å². The summed E-state index contributed by atoms with van der Waals surface area (Å²) in [5.74, 6) is -1.31. The highest BCUT2D eigenvalue weighted by molar-refractivity contribution is 5.67. The molecule has 6 nitrogen and oxygen atoms in total. The van der Waals surface area contributed by atoms with Crippen molar-refractivity contribution < 1.29 is 30.0 Å². The van der Waals surface area contributed by atoms with Gasteiger partial charge in [-0.25, -0.2) is 0 Å². The van der Waals surface area contributed by atoms with Crippen LogP contribution in [0.1, 0.15) is 52.4 Å². The van der Waals surface area contributed by atoms with E-state index in [0.29, 0.717) is 25.2 Å². The summed E-state index contributed by atoms with van der Waals surface area (Å²) >= 11 is 0. The molecule has 1 atom stereocenters. The van der Waals surface area contributed by atoms with Gasteiger partial charge in [0.15, 0.2) is 6.29 Å². The minimum Gasteiger partial charge on any atom is -0.481 e. The summed E-state index contributed by atoms with van der Waals surface area (Å²) in [6.45, 7) is 4.03. The second-order valence-corrected chi connectivity index (χ2v) is 4.22. The average molecular weight is 264 g/mol. The van der Waals surface area contributed by atoms with E-state index in [1.165, 1.54) is 0 Å². The van der Waals surface area contributed by atoms with E-state index in [0.717, 1.165) is 6.42 Å². The fourth-order valence-corrected chi connectivity index (χ4v) is 1.08. The van der Waals surface area contributed by atoms with Crippen LogP contribution >= 0.6 is 0 Å². The first-order valence-electron chi connectivity index (χ1n) is 6.09. The Labute approximate surface area is 107 Å². The molecule has 0 aliphatic rings. The molecule has 0 saturated heterocycles. The number of carboxylic acids is 2. The van der Waals surface area contributed by atoms with E-state index in [1.807, 2.05) is 13.8 Å². The molecule has 6 heteroatoms. The largest absolute Gasteiger partial charge is 0.481 e. The van der Waals surface area contributed by atoms with E-state index in [1.54, 1.807) is 0 Å². The molecule has 0 heterocycles. The van der Waals surface area contributed by atoms with Crippen LogP contribution in [0.2, 0.25) is 0 Å². The third-order valence-corrected chi connectivity index (χ3v) is 2.34. The van der Waals surface area contributed by atoms with Crippen LogP contribution in [-0.2, 0) is 9.59 Å². The molecule has 108 valence electrons. The summed E-state index contributed by atoms with van der Waals surface area (Å²) in [5, 5.41) is 33.1. The minimum atomic E-state index is -1.12. The highest BCUT2D eigenvalue weighted by atomic mass is 16.5. The standard InChI is InChI=1S/C6H10O4.C6H14O2/c7-5(8)3-1-2-4-6(9)10;1-3-5(2)4-6(7)8/h1-4H2,(H,7,8)(H,9,10);5-8H,3-4H2,1-2H3. The topological polar surface area (TPSA) is 115 Å². The fraction of sp³-hybridized carbons (Fsp3) is 0.833. The number of carboxylic acid groups (broad SMARTS) is 2.